The maximum atomic E-state index is 12.7. The molecule has 0 aliphatic rings. The van der Waals surface area contributed by atoms with E-state index in [0.717, 1.165) is 32.1 Å². The lowest BCUT2D eigenvalue weighted by Gasteiger charge is -2.45. The highest BCUT2D eigenvalue weighted by molar-refractivity contribution is 5.77. The van der Waals surface area contributed by atoms with E-state index in [1.165, 1.54) is 0 Å². The molecule has 0 aromatic heterocycles. The second kappa shape index (κ2) is 7.47. The smallest absolute Gasteiger partial charge is 0.312 e. The van der Waals surface area contributed by atoms with Gasteiger partial charge in [-0.15, -0.1) is 0 Å². The second-order valence-corrected chi connectivity index (χ2v) is 7.75. The van der Waals surface area contributed by atoms with Gasteiger partial charge in [0.05, 0.1) is 12.0 Å². The highest BCUT2D eigenvalue weighted by Gasteiger charge is 2.49. The van der Waals surface area contributed by atoms with Crippen LogP contribution in [-0.2, 0) is 9.53 Å². The van der Waals surface area contributed by atoms with Crippen molar-refractivity contribution in [2.75, 3.05) is 6.61 Å². The van der Waals surface area contributed by atoms with Crippen molar-refractivity contribution >= 4 is 5.97 Å². The van der Waals surface area contributed by atoms with Crippen LogP contribution in [0.25, 0.3) is 0 Å². The quantitative estimate of drug-likeness (QED) is 0.407. The topological polar surface area (TPSA) is 26.3 Å². The molecule has 0 rings (SSSR count). The third-order valence-corrected chi connectivity index (χ3v) is 5.35. The highest BCUT2D eigenvalue weighted by Crippen LogP contribution is 2.50. The monoisotopic (exact) mass is 284 g/mol. The van der Waals surface area contributed by atoms with Crippen LogP contribution in [0.2, 0.25) is 0 Å². The van der Waals surface area contributed by atoms with E-state index in [1.54, 1.807) is 0 Å². The van der Waals surface area contributed by atoms with Crippen LogP contribution in [0.5, 0.6) is 0 Å². The van der Waals surface area contributed by atoms with Crippen LogP contribution in [0.3, 0.4) is 0 Å². The molecule has 2 heteroatoms. The summed E-state index contributed by atoms with van der Waals surface area (Å²) in [7, 11) is 0. The number of rotatable bonds is 9. The molecule has 0 spiro atoms. The van der Waals surface area contributed by atoms with Gasteiger partial charge < -0.3 is 4.74 Å². The molecule has 0 N–H and O–H groups in total. The van der Waals surface area contributed by atoms with E-state index in [0.29, 0.717) is 6.61 Å². The number of hydrogen-bond donors (Lipinski definition) is 0. The van der Waals surface area contributed by atoms with Gasteiger partial charge in [-0.25, -0.2) is 0 Å². The van der Waals surface area contributed by atoms with E-state index in [4.69, 9.17) is 4.74 Å². The Morgan fingerprint density at radius 3 is 1.90 bits per heavy atom. The fourth-order valence-electron chi connectivity index (χ4n) is 2.53. The van der Waals surface area contributed by atoms with E-state index in [-0.39, 0.29) is 16.8 Å². The zero-order chi connectivity index (χ0) is 16.0. The summed E-state index contributed by atoms with van der Waals surface area (Å²) in [5.41, 5.74) is -0.317. The molecule has 1 unspecified atom stereocenters. The standard InChI is InChI=1S/C18H36O2/c1-9-12-13-20-15(19)18(8,17(6,7)11-3)14-16(4,5)10-2/h9-14H2,1-8H3. The molecule has 0 radical (unpaired) electrons. The Hall–Kier alpha value is -0.530. The van der Waals surface area contributed by atoms with Gasteiger partial charge in [-0.3, -0.25) is 4.79 Å². The Morgan fingerprint density at radius 1 is 0.950 bits per heavy atom. The normalized spacial score (nSPS) is 15.8. The molecule has 1 atom stereocenters. The van der Waals surface area contributed by atoms with Crippen molar-refractivity contribution in [1.29, 1.82) is 0 Å². The van der Waals surface area contributed by atoms with Crippen molar-refractivity contribution in [2.24, 2.45) is 16.2 Å². The Morgan fingerprint density at radius 2 is 1.50 bits per heavy atom. The molecule has 0 heterocycles. The van der Waals surface area contributed by atoms with Crippen LogP contribution in [0, 0.1) is 16.2 Å². The number of carbonyl (C=O) groups is 1. The van der Waals surface area contributed by atoms with Gasteiger partial charge >= 0.3 is 5.97 Å². The maximum Gasteiger partial charge on any atom is 0.312 e. The van der Waals surface area contributed by atoms with E-state index in [1.807, 2.05) is 0 Å². The zero-order valence-electron chi connectivity index (χ0n) is 15.1. The van der Waals surface area contributed by atoms with Crippen molar-refractivity contribution < 1.29 is 9.53 Å². The summed E-state index contributed by atoms with van der Waals surface area (Å²) >= 11 is 0. The van der Waals surface area contributed by atoms with E-state index in [2.05, 4.69) is 55.4 Å². The van der Waals surface area contributed by atoms with Crippen LogP contribution >= 0.6 is 0 Å². The molecule has 0 fully saturated rings. The Bertz CT molecular complexity index is 305. The minimum absolute atomic E-state index is 0.0145. The fraction of sp³-hybridized carbons (Fsp3) is 0.944. The molecule has 0 saturated carbocycles. The van der Waals surface area contributed by atoms with Crippen molar-refractivity contribution in [2.45, 2.75) is 87.5 Å². The zero-order valence-corrected chi connectivity index (χ0v) is 15.1. The third kappa shape index (κ3) is 4.79. The van der Waals surface area contributed by atoms with Crippen molar-refractivity contribution in [3.05, 3.63) is 0 Å². The number of hydrogen-bond acceptors (Lipinski definition) is 2. The second-order valence-electron chi connectivity index (χ2n) is 7.75. The Kier molecular flexibility index (Phi) is 7.27. The molecule has 120 valence electrons. The maximum absolute atomic E-state index is 12.7. The highest BCUT2D eigenvalue weighted by atomic mass is 16.5. The van der Waals surface area contributed by atoms with E-state index in [9.17, 15) is 4.79 Å². The van der Waals surface area contributed by atoms with Crippen molar-refractivity contribution in [1.82, 2.24) is 0 Å². The lowest BCUT2D eigenvalue weighted by atomic mass is 9.58. The minimum Gasteiger partial charge on any atom is -0.465 e. The first-order valence-electron chi connectivity index (χ1n) is 8.23. The number of ether oxygens (including phenoxy) is 1. The number of carbonyl (C=O) groups excluding carboxylic acids is 1. The van der Waals surface area contributed by atoms with Crippen molar-refractivity contribution in [3.63, 3.8) is 0 Å². The summed E-state index contributed by atoms with van der Waals surface area (Å²) in [6, 6.07) is 0. The summed E-state index contributed by atoms with van der Waals surface area (Å²) in [5.74, 6) is -0.0145. The molecule has 0 aliphatic heterocycles. The summed E-state index contributed by atoms with van der Waals surface area (Å²) in [4.78, 5) is 12.7. The van der Waals surface area contributed by atoms with Crippen LogP contribution in [-0.4, -0.2) is 12.6 Å². The molecule has 0 bridgehead atoms. The largest absolute Gasteiger partial charge is 0.465 e. The molecular weight excluding hydrogens is 248 g/mol. The Balaban J connectivity index is 5.21. The van der Waals surface area contributed by atoms with E-state index < -0.39 is 5.41 Å². The van der Waals surface area contributed by atoms with Crippen molar-refractivity contribution in [3.8, 4) is 0 Å². The van der Waals surface area contributed by atoms with Gasteiger partial charge in [0.2, 0.25) is 0 Å². The van der Waals surface area contributed by atoms with Gasteiger partial charge in [0, 0.05) is 0 Å². The molecule has 20 heavy (non-hydrogen) atoms. The van der Waals surface area contributed by atoms with Gasteiger partial charge in [-0.2, -0.15) is 0 Å². The van der Waals surface area contributed by atoms with Crippen LogP contribution < -0.4 is 0 Å². The summed E-state index contributed by atoms with van der Waals surface area (Å²) in [6.45, 7) is 18.0. The van der Waals surface area contributed by atoms with Gasteiger partial charge in [-0.1, -0.05) is 61.3 Å². The SMILES string of the molecule is CCCCOC(=O)C(C)(CC(C)(C)CC)C(C)(C)CC. The van der Waals surface area contributed by atoms with Crippen LogP contribution in [0.1, 0.15) is 87.5 Å². The van der Waals surface area contributed by atoms with Crippen LogP contribution in [0.15, 0.2) is 0 Å². The summed E-state index contributed by atoms with van der Waals surface area (Å²) in [5, 5.41) is 0. The molecule has 0 aromatic rings. The fourth-order valence-corrected chi connectivity index (χ4v) is 2.53. The third-order valence-electron chi connectivity index (χ3n) is 5.35. The average Bonchev–Trinajstić information content (AvgIpc) is 2.38. The summed E-state index contributed by atoms with van der Waals surface area (Å²) < 4.78 is 5.59. The first-order valence-corrected chi connectivity index (χ1v) is 8.23. The molecular formula is C18H36O2. The average molecular weight is 284 g/mol. The predicted molar refractivity (Wildman–Crippen MR) is 86.7 cm³/mol. The lowest BCUT2D eigenvalue weighted by Crippen LogP contribution is -2.46. The van der Waals surface area contributed by atoms with E-state index >= 15 is 0 Å². The first-order chi connectivity index (χ1) is 9.06. The van der Waals surface area contributed by atoms with Gasteiger partial charge in [0.25, 0.3) is 0 Å². The molecule has 0 amide bonds. The molecule has 0 saturated heterocycles. The first kappa shape index (κ1) is 19.5. The summed E-state index contributed by atoms with van der Waals surface area (Å²) in [6.07, 6.45) is 4.94. The Labute approximate surface area is 126 Å². The van der Waals surface area contributed by atoms with Gasteiger partial charge in [0.15, 0.2) is 0 Å². The van der Waals surface area contributed by atoms with Crippen LogP contribution in [0.4, 0.5) is 0 Å². The minimum atomic E-state index is -0.422. The molecule has 0 aromatic carbocycles. The number of esters is 1. The lowest BCUT2D eigenvalue weighted by molar-refractivity contribution is -0.166. The van der Waals surface area contributed by atoms with Gasteiger partial charge in [-0.05, 0) is 37.0 Å². The van der Waals surface area contributed by atoms with Gasteiger partial charge in [0.1, 0.15) is 0 Å². The predicted octanol–water partition coefficient (Wildman–Crippen LogP) is 5.60. The molecule has 2 nitrogen and oxygen atoms in total. The number of unbranched alkanes of at least 4 members (excludes halogenated alkanes) is 1. The molecule has 0 aliphatic carbocycles.